The fourth-order valence-corrected chi connectivity index (χ4v) is 1.24. The second-order valence-corrected chi connectivity index (χ2v) is 3.07. The van der Waals surface area contributed by atoms with Crippen LogP contribution >= 0.6 is 0 Å². The first kappa shape index (κ1) is 9.39. The highest BCUT2D eigenvalue weighted by atomic mass is 16.4. The Labute approximate surface area is 86.0 Å². The molecule has 2 aromatic rings. The zero-order chi connectivity index (χ0) is 10.7. The predicted octanol–water partition coefficient (Wildman–Crippen LogP) is 0.894. The quantitative estimate of drug-likeness (QED) is 0.804. The fourth-order valence-electron chi connectivity index (χ4n) is 1.24. The minimum absolute atomic E-state index is 0.00277. The molecule has 0 unspecified atom stereocenters. The number of aliphatic carboxylic acids is 1. The van der Waals surface area contributed by atoms with Crippen molar-refractivity contribution in [3.63, 3.8) is 0 Å². The minimum atomic E-state index is -0.854. The maximum atomic E-state index is 10.4. The molecule has 0 aliphatic heterocycles. The van der Waals surface area contributed by atoms with E-state index in [-0.39, 0.29) is 6.42 Å². The van der Waals surface area contributed by atoms with E-state index in [1.54, 1.807) is 41.6 Å². The van der Waals surface area contributed by atoms with Gasteiger partial charge in [0, 0.05) is 18.6 Å². The lowest BCUT2D eigenvalue weighted by Gasteiger charge is -2.01. The Hall–Kier alpha value is -2.17. The number of carboxylic acid groups (broad SMARTS) is 1. The lowest BCUT2D eigenvalue weighted by molar-refractivity contribution is -0.136. The molecule has 0 amide bonds. The number of carboxylic acids is 1. The summed E-state index contributed by atoms with van der Waals surface area (Å²) in [5.74, 6) is -0.131. The highest BCUT2D eigenvalue weighted by molar-refractivity contribution is 5.70. The summed E-state index contributed by atoms with van der Waals surface area (Å²) in [5.41, 5.74) is 0.686. The van der Waals surface area contributed by atoms with E-state index in [9.17, 15) is 4.79 Å². The third-order valence-corrected chi connectivity index (χ3v) is 1.93. The number of aromatic nitrogens is 3. The summed E-state index contributed by atoms with van der Waals surface area (Å²) in [6.45, 7) is 0. The minimum Gasteiger partial charge on any atom is -0.481 e. The molecular formula is C10H9N3O2. The van der Waals surface area contributed by atoms with E-state index >= 15 is 0 Å². The van der Waals surface area contributed by atoms with Gasteiger partial charge in [-0.05, 0) is 11.6 Å². The van der Waals surface area contributed by atoms with Crippen LogP contribution in [0.4, 0.5) is 0 Å². The Morgan fingerprint density at radius 1 is 1.47 bits per heavy atom. The zero-order valence-electron chi connectivity index (χ0n) is 7.87. The van der Waals surface area contributed by atoms with Crippen molar-refractivity contribution in [2.45, 2.75) is 6.42 Å². The van der Waals surface area contributed by atoms with Crippen LogP contribution in [0.25, 0.3) is 5.82 Å². The van der Waals surface area contributed by atoms with Crippen LogP contribution in [0.2, 0.25) is 0 Å². The van der Waals surface area contributed by atoms with Crippen molar-refractivity contribution >= 4 is 5.97 Å². The van der Waals surface area contributed by atoms with Gasteiger partial charge in [0.1, 0.15) is 12.1 Å². The van der Waals surface area contributed by atoms with Gasteiger partial charge in [-0.1, -0.05) is 6.07 Å². The summed E-state index contributed by atoms with van der Waals surface area (Å²) in [7, 11) is 0. The molecule has 0 aromatic carbocycles. The van der Waals surface area contributed by atoms with E-state index < -0.39 is 5.97 Å². The first-order valence-electron chi connectivity index (χ1n) is 4.41. The second-order valence-electron chi connectivity index (χ2n) is 3.07. The third kappa shape index (κ3) is 2.19. The summed E-state index contributed by atoms with van der Waals surface area (Å²) in [5, 5.41) is 8.58. The molecule has 0 fully saturated rings. The number of imidazole rings is 1. The molecule has 1 N–H and O–H groups in total. The van der Waals surface area contributed by atoms with Crippen LogP contribution in [0.15, 0.2) is 37.1 Å². The van der Waals surface area contributed by atoms with Gasteiger partial charge in [0.05, 0.1) is 6.42 Å². The van der Waals surface area contributed by atoms with E-state index in [0.717, 1.165) is 5.82 Å². The Kier molecular flexibility index (Phi) is 2.45. The monoisotopic (exact) mass is 203 g/mol. The fraction of sp³-hybridized carbons (Fsp3) is 0.100. The molecule has 2 rings (SSSR count). The number of hydrogen-bond acceptors (Lipinski definition) is 3. The van der Waals surface area contributed by atoms with Crippen LogP contribution in [0, 0.1) is 0 Å². The van der Waals surface area contributed by atoms with Crippen LogP contribution in [0.3, 0.4) is 0 Å². The van der Waals surface area contributed by atoms with Crippen molar-refractivity contribution in [3.05, 3.63) is 42.6 Å². The Balaban J connectivity index is 2.21. The summed E-state index contributed by atoms with van der Waals surface area (Å²) >= 11 is 0. The summed E-state index contributed by atoms with van der Waals surface area (Å²) in [4.78, 5) is 18.5. The molecule has 0 spiro atoms. The molecule has 0 saturated heterocycles. The van der Waals surface area contributed by atoms with E-state index in [2.05, 4.69) is 9.97 Å². The van der Waals surface area contributed by atoms with E-state index in [0.29, 0.717) is 5.56 Å². The molecule has 5 heteroatoms. The average molecular weight is 203 g/mol. The van der Waals surface area contributed by atoms with Crippen LogP contribution in [-0.4, -0.2) is 25.6 Å². The van der Waals surface area contributed by atoms with Crippen molar-refractivity contribution in [2.75, 3.05) is 0 Å². The highest BCUT2D eigenvalue weighted by Gasteiger charge is 2.01. The molecule has 0 aliphatic carbocycles. The van der Waals surface area contributed by atoms with Crippen LogP contribution in [0.5, 0.6) is 0 Å². The van der Waals surface area contributed by atoms with Crippen LogP contribution < -0.4 is 0 Å². The van der Waals surface area contributed by atoms with Gasteiger partial charge in [-0.2, -0.15) is 0 Å². The summed E-state index contributed by atoms with van der Waals surface area (Å²) < 4.78 is 1.75. The molecule has 2 aromatic heterocycles. The molecule has 0 bridgehead atoms. The molecule has 0 atom stereocenters. The smallest absolute Gasteiger partial charge is 0.307 e. The van der Waals surface area contributed by atoms with Gasteiger partial charge in [0.25, 0.3) is 0 Å². The second kappa shape index (κ2) is 3.91. The molecular weight excluding hydrogens is 194 g/mol. The van der Waals surface area contributed by atoms with Gasteiger partial charge in [0.15, 0.2) is 0 Å². The van der Waals surface area contributed by atoms with Crippen molar-refractivity contribution in [2.24, 2.45) is 0 Å². The number of rotatable bonds is 3. The topological polar surface area (TPSA) is 68.0 Å². The predicted molar refractivity (Wildman–Crippen MR) is 52.7 cm³/mol. The van der Waals surface area contributed by atoms with Gasteiger partial charge >= 0.3 is 5.97 Å². The largest absolute Gasteiger partial charge is 0.481 e. The molecule has 5 nitrogen and oxygen atoms in total. The Morgan fingerprint density at radius 3 is 2.87 bits per heavy atom. The molecule has 76 valence electrons. The maximum absolute atomic E-state index is 10.4. The van der Waals surface area contributed by atoms with Gasteiger partial charge in [-0.25, -0.2) is 9.97 Å². The zero-order valence-corrected chi connectivity index (χ0v) is 7.87. The van der Waals surface area contributed by atoms with Crippen molar-refractivity contribution < 1.29 is 9.90 Å². The van der Waals surface area contributed by atoms with E-state index in [4.69, 9.17) is 5.11 Å². The first-order valence-corrected chi connectivity index (χ1v) is 4.41. The summed E-state index contributed by atoms with van der Waals surface area (Å²) in [6, 6.07) is 3.51. The van der Waals surface area contributed by atoms with Crippen molar-refractivity contribution in [1.82, 2.24) is 14.5 Å². The van der Waals surface area contributed by atoms with Crippen molar-refractivity contribution in [3.8, 4) is 5.82 Å². The highest BCUT2D eigenvalue weighted by Crippen LogP contribution is 2.05. The Bertz CT molecular complexity index is 448. The summed E-state index contributed by atoms with van der Waals surface area (Å²) in [6.07, 6.45) is 6.63. The van der Waals surface area contributed by atoms with Gasteiger partial charge in [-0.3, -0.25) is 9.36 Å². The maximum Gasteiger partial charge on any atom is 0.307 e. The SMILES string of the molecule is O=C(O)Cc1ccc(-n2ccnc2)nc1. The average Bonchev–Trinajstić information content (AvgIpc) is 2.71. The molecule has 0 saturated carbocycles. The first-order chi connectivity index (χ1) is 7.25. The number of nitrogens with zero attached hydrogens (tertiary/aromatic N) is 3. The lowest BCUT2D eigenvalue weighted by Crippen LogP contribution is -2.01. The third-order valence-electron chi connectivity index (χ3n) is 1.93. The number of carbonyl (C=O) groups is 1. The normalized spacial score (nSPS) is 10.1. The standard InChI is InChI=1S/C10H9N3O2/c14-10(15)5-8-1-2-9(12-6-8)13-4-3-11-7-13/h1-4,6-7H,5H2,(H,14,15). The van der Waals surface area contributed by atoms with E-state index in [1.165, 1.54) is 0 Å². The molecule has 2 heterocycles. The van der Waals surface area contributed by atoms with Crippen molar-refractivity contribution in [1.29, 1.82) is 0 Å². The number of hydrogen-bond donors (Lipinski definition) is 1. The van der Waals surface area contributed by atoms with Gasteiger partial charge in [-0.15, -0.1) is 0 Å². The Morgan fingerprint density at radius 2 is 2.33 bits per heavy atom. The molecule has 0 aliphatic rings. The van der Waals surface area contributed by atoms with Crippen LogP contribution in [0.1, 0.15) is 5.56 Å². The van der Waals surface area contributed by atoms with Gasteiger partial charge in [0.2, 0.25) is 0 Å². The van der Waals surface area contributed by atoms with Crippen LogP contribution in [-0.2, 0) is 11.2 Å². The van der Waals surface area contributed by atoms with Gasteiger partial charge < -0.3 is 5.11 Å². The number of pyridine rings is 1. The molecule has 15 heavy (non-hydrogen) atoms. The van der Waals surface area contributed by atoms with E-state index in [1.807, 2.05) is 0 Å². The lowest BCUT2D eigenvalue weighted by atomic mass is 10.2. The molecule has 0 radical (unpaired) electrons.